The molecule has 5 nitrogen and oxygen atoms in total. The molecule has 0 aliphatic heterocycles. The van der Waals surface area contributed by atoms with Gasteiger partial charge in [-0.1, -0.05) is 17.7 Å². The highest BCUT2D eigenvalue weighted by Gasteiger charge is 2.49. The first-order valence-electron chi connectivity index (χ1n) is 6.44. The summed E-state index contributed by atoms with van der Waals surface area (Å²) in [5.74, 6) is 0. The van der Waals surface area contributed by atoms with Crippen LogP contribution in [0.25, 0.3) is 0 Å². The summed E-state index contributed by atoms with van der Waals surface area (Å²) in [7, 11) is -8.25. The van der Waals surface area contributed by atoms with E-state index < -0.39 is 34.8 Å². The van der Waals surface area contributed by atoms with Crippen LogP contribution in [0.2, 0.25) is 0 Å². The molecule has 0 heterocycles. The molecule has 1 rings (SSSR count). The van der Waals surface area contributed by atoms with Gasteiger partial charge < -0.3 is 0 Å². The fourth-order valence-corrected chi connectivity index (χ4v) is 4.77. The number of carbonyl (C=O) groups excluding carboxylic acids is 1. The number of carbonyl (C=O) groups is 1. The van der Waals surface area contributed by atoms with Gasteiger partial charge in [-0.25, -0.2) is 16.8 Å². The van der Waals surface area contributed by atoms with Crippen molar-refractivity contribution in [2.75, 3.05) is 0 Å². The Morgan fingerprint density at radius 2 is 1.43 bits per heavy atom. The van der Waals surface area contributed by atoms with Crippen LogP contribution in [0, 0.1) is 6.92 Å². The van der Waals surface area contributed by atoms with Crippen molar-refractivity contribution in [3.05, 3.63) is 29.8 Å². The van der Waals surface area contributed by atoms with E-state index in [4.69, 9.17) is 0 Å². The molecule has 7 heteroatoms. The molecule has 0 aliphatic carbocycles. The predicted molar refractivity (Wildman–Crippen MR) is 81.5 cm³/mol. The minimum Gasteiger partial charge on any atom is -0.280 e. The topological polar surface area (TPSA) is 85.3 Å². The van der Waals surface area contributed by atoms with Gasteiger partial charge in [-0.2, -0.15) is 0 Å². The standard InChI is InChI=1S/C14H20O5S2/c1-10(2)20(16,17)13(15)14(4,5)21(18,19)12-8-6-11(3)7-9-12/h6-10H,1-5H3. The quantitative estimate of drug-likeness (QED) is 0.840. The third kappa shape index (κ3) is 3.03. The highest BCUT2D eigenvalue weighted by molar-refractivity contribution is 8.09. The molecule has 0 fully saturated rings. The van der Waals surface area contributed by atoms with Crippen molar-refractivity contribution >= 4 is 24.8 Å². The Bertz CT molecular complexity index is 739. The van der Waals surface area contributed by atoms with Crippen molar-refractivity contribution < 1.29 is 21.6 Å². The molecule has 0 radical (unpaired) electrons. The average molecular weight is 332 g/mol. The van der Waals surface area contributed by atoms with E-state index in [1.807, 2.05) is 0 Å². The number of aryl methyl sites for hydroxylation is 1. The molecule has 118 valence electrons. The minimum absolute atomic E-state index is 0.0644. The maximum Gasteiger partial charge on any atom is 0.267 e. The fraction of sp³-hybridized carbons (Fsp3) is 0.500. The Kier molecular flexibility index (Phi) is 4.70. The molecule has 0 N–H and O–H groups in total. The zero-order valence-electron chi connectivity index (χ0n) is 12.7. The van der Waals surface area contributed by atoms with Gasteiger partial charge in [-0.3, -0.25) is 4.79 Å². The molecular formula is C14H20O5S2. The smallest absolute Gasteiger partial charge is 0.267 e. The predicted octanol–water partition coefficient (Wildman–Crippen LogP) is 1.90. The molecule has 0 amide bonds. The van der Waals surface area contributed by atoms with Crippen LogP contribution < -0.4 is 0 Å². The zero-order chi connectivity index (χ0) is 16.6. The van der Waals surface area contributed by atoms with Crippen LogP contribution in [0.4, 0.5) is 0 Å². The zero-order valence-corrected chi connectivity index (χ0v) is 14.4. The van der Waals surface area contributed by atoms with E-state index in [1.165, 1.54) is 26.0 Å². The van der Waals surface area contributed by atoms with Gasteiger partial charge in [0, 0.05) is 0 Å². The highest BCUT2D eigenvalue weighted by Crippen LogP contribution is 2.29. The average Bonchev–Trinajstić information content (AvgIpc) is 2.37. The van der Waals surface area contributed by atoms with Crippen molar-refractivity contribution in [3.63, 3.8) is 0 Å². The molecule has 0 saturated heterocycles. The second-order valence-corrected chi connectivity index (χ2v) is 10.6. The molecule has 0 aliphatic rings. The Morgan fingerprint density at radius 3 is 1.81 bits per heavy atom. The summed E-state index contributed by atoms with van der Waals surface area (Å²) >= 11 is 0. The molecule has 0 spiro atoms. The van der Waals surface area contributed by atoms with Crippen LogP contribution in [-0.4, -0.2) is 31.9 Å². The van der Waals surface area contributed by atoms with Crippen molar-refractivity contribution in [3.8, 4) is 0 Å². The Labute approximate surface area is 126 Å². The summed E-state index contributed by atoms with van der Waals surface area (Å²) in [6.45, 7) is 6.76. The van der Waals surface area contributed by atoms with E-state index in [0.29, 0.717) is 0 Å². The summed E-state index contributed by atoms with van der Waals surface area (Å²) in [6.07, 6.45) is 0. The van der Waals surface area contributed by atoms with Gasteiger partial charge in [0.25, 0.3) is 5.12 Å². The number of sulfone groups is 2. The molecular weight excluding hydrogens is 312 g/mol. The van der Waals surface area contributed by atoms with Gasteiger partial charge in [0.05, 0.1) is 10.1 Å². The highest BCUT2D eigenvalue weighted by atomic mass is 32.2. The van der Waals surface area contributed by atoms with Gasteiger partial charge in [0.15, 0.2) is 9.84 Å². The first kappa shape index (κ1) is 17.8. The first-order valence-corrected chi connectivity index (χ1v) is 9.47. The van der Waals surface area contributed by atoms with E-state index in [2.05, 4.69) is 0 Å². The molecule has 21 heavy (non-hydrogen) atoms. The molecule has 1 aromatic carbocycles. The van der Waals surface area contributed by atoms with E-state index in [9.17, 15) is 21.6 Å². The molecule has 0 unspecified atom stereocenters. The lowest BCUT2D eigenvalue weighted by Gasteiger charge is -2.24. The van der Waals surface area contributed by atoms with Gasteiger partial charge >= 0.3 is 0 Å². The van der Waals surface area contributed by atoms with Crippen molar-refractivity contribution in [2.24, 2.45) is 0 Å². The third-order valence-electron chi connectivity index (χ3n) is 3.37. The Morgan fingerprint density at radius 1 is 1.00 bits per heavy atom. The Balaban J connectivity index is 3.42. The SMILES string of the molecule is Cc1ccc(S(=O)(=O)C(C)(C)C(=O)S(=O)(=O)C(C)C)cc1. The largest absolute Gasteiger partial charge is 0.280 e. The normalized spacial score (nSPS) is 13.4. The van der Waals surface area contributed by atoms with Crippen molar-refractivity contribution in [1.82, 2.24) is 0 Å². The van der Waals surface area contributed by atoms with E-state index in [1.54, 1.807) is 19.1 Å². The lowest BCUT2D eigenvalue weighted by atomic mass is 10.2. The number of benzene rings is 1. The van der Waals surface area contributed by atoms with E-state index in [-0.39, 0.29) is 4.90 Å². The molecule has 0 aromatic heterocycles. The molecule has 0 atom stereocenters. The summed E-state index contributed by atoms with van der Waals surface area (Å²) < 4.78 is 47.1. The lowest BCUT2D eigenvalue weighted by Crippen LogP contribution is -2.46. The van der Waals surface area contributed by atoms with Gasteiger partial charge in [0.1, 0.15) is 4.75 Å². The lowest BCUT2D eigenvalue weighted by molar-refractivity contribution is -0.113. The van der Waals surface area contributed by atoms with Gasteiger partial charge in [0.2, 0.25) is 9.84 Å². The molecule has 1 aromatic rings. The molecule has 0 bridgehead atoms. The summed E-state index contributed by atoms with van der Waals surface area (Å²) in [6, 6.07) is 5.96. The number of hydrogen-bond donors (Lipinski definition) is 0. The maximum absolute atomic E-state index is 12.6. The van der Waals surface area contributed by atoms with E-state index >= 15 is 0 Å². The second-order valence-electron chi connectivity index (χ2n) is 5.71. The fourth-order valence-electron chi connectivity index (χ4n) is 1.68. The van der Waals surface area contributed by atoms with Crippen LogP contribution in [0.3, 0.4) is 0 Å². The van der Waals surface area contributed by atoms with Crippen molar-refractivity contribution in [1.29, 1.82) is 0 Å². The van der Waals surface area contributed by atoms with Gasteiger partial charge in [-0.15, -0.1) is 0 Å². The van der Waals surface area contributed by atoms with Crippen LogP contribution >= 0.6 is 0 Å². The number of hydrogen-bond acceptors (Lipinski definition) is 5. The minimum atomic E-state index is -4.15. The van der Waals surface area contributed by atoms with E-state index in [0.717, 1.165) is 19.4 Å². The van der Waals surface area contributed by atoms with Crippen LogP contribution in [0.15, 0.2) is 29.2 Å². The van der Waals surface area contributed by atoms with Crippen LogP contribution in [0.1, 0.15) is 33.3 Å². The Hall–Kier alpha value is -1.21. The maximum atomic E-state index is 12.6. The van der Waals surface area contributed by atoms with Crippen LogP contribution in [0.5, 0.6) is 0 Å². The van der Waals surface area contributed by atoms with Crippen molar-refractivity contribution in [2.45, 2.75) is 49.5 Å². The van der Waals surface area contributed by atoms with Gasteiger partial charge in [-0.05, 0) is 46.8 Å². The summed E-state index contributed by atoms with van der Waals surface area (Å²) in [5.41, 5.74) is 0.868. The monoisotopic (exact) mass is 332 g/mol. The van der Waals surface area contributed by atoms with Crippen LogP contribution in [-0.2, 0) is 24.5 Å². The first-order chi connectivity index (χ1) is 9.35. The third-order valence-corrected chi connectivity index (χ3v) is 8.19. The second kappa shape index (κ2) is 5.53. The molecule has 0 saturated carbocycles. The number of rotatable bonds is 4. The summed E-state index contributed by atoms with van der Waals surface area (Å²) in [4.78, 5) is 12.2. The summed E-state index contributed by atoms with van der Waals surface area (Å²) in [5, 5.41) is -2.23.